The Kier molecular flexibility index (Phi) is 3.50. The molecule has 0 saturated heterocycles. The van der Waals surface area contributed by atoms with Crippen LogP contribution >= 0.6 is 0 Å². The summed E-state index contributed by atoms with van der Waals surface area (Å²) in [6, 6.07) is 18.6. The quantitative estimate of drug-likeness (QED) is 0.924. The van der Waals surface area contributed by atoms with Crippen molar-refractivity contribution in [1.82, 2.24) is 5.43 Å². The molecule has 1 aliphatic heterocycles. The summed E-state index contributed by atoms with van der Waals surface area (Å²) in [6.07, 6.45) is 5.11. The Bertz CT molecular complexity index is 617. The van der Waals surface area contributed by atoms with Crippen LogP contribution in [-0.2, 0) is 11.2 Å². The number of hydrazine groups is 1. The molecule has 0 unspecified atom stereocenters. The van der Waals surface area contributed by atoms with Crippen molar-refractivity contribution in [2.45, 2.75) is 12.8 Å². The predicted molar refractivity (Wildman–Crippen MR) is 80.1 cm³/mol. The van der Waals surface area contributed by atoms with E-state index in [2.05, 4.69) is 41.8 Å². The van der Waals surface area contributed by atoms with E-state index in [1.54, 1.807) is 5.01 Å². The minimum Gasteiger partial charge on any atom is -0.273 e. The Balaban J connectivity index is 1.73. The first kappa shape index (κ1) is 12.5. The van der Waals surface area contributed by atoms with Gasteiger partial charge in [0.1, 0.15) is 0 Å². The molecule has 100 valence electrons. The lowest BCUT2D eigenvalue weighted by Gasteiger charge is -2.24. The zero-order chi connectivity index (χ0) is 13.8. The van der Waals surface area contributed by atoms with E-state index in [-0.39, 0.29) is 5.91 Å². The molecule has 1 heterocycles. The van der Waals surface area contributed by atoms with E-state index in [0.29, 0.717) is 6.42 Å². The Labute approximate surface area is 118 Å². The van der Waals surface area contributed by atoms with Gasteiger partial charge < -0.3 is 0 Å². The molecule has 1 amide bonds. The minimum atomic E-state index is 0.0147. The Morgan fingerprint density at radius 3 is 2.35 bits per heavy atom. The van der Waals surface area contributed by atoms with Crippen LogP contribution in [0.4, 0.5) is 5.69 Å². The van der Waals surface area contributed by atoms with Crippen LogP contribution in [-0.4, -0.2) is 5.91 Å². The van der Waals surface area contributed by atoms with Crippen LogP contribution in [0.1, 0.15) is 17.5 Å². The summed E-state index contributed by atoms with van der Waals surface area (Å²) in [5.41, 5.74) is 6.33. The highest BCUT2D eigenvalue weighted by atomic mass is 16.2. The second kappa shape index (κ2) is 5.61. The lowest BCUT2D eigenvalue weighted by atomic mass is 10.0. The molecular formula is C17H16N2O. The second-order valence-electron chi connectivity index (χ2n) is 4.82. The molecule has 2 aromatic carbocycles. The van der Waals surface area contributed by atoms with Crippen LogP contribution in [0.2, 0.25) is 0 Å². The third-order valence-corrected chi connectivity index (χ3v) is 3.27. The summed E-state index contributed by atoms with van der Waals surface area (Å²) >= 11 is 0. The van der Waals surface area contributed by atoms with Gasteiger partial charge in [-0.25, -0.2) is 0 Å². The number of hydrogen-bond acceptors (Lipinski definition) is 2. The molecule has 0 fully saturated rings. The van der Waals surface area contributed by atoms with Gasteiger partial charge in [0.2, 0.25) is 5.91 Å². The van der Waals surface area contributed by atoms with Gasteiger partial charge in [-0.05, 0) is 29.7 Å². The van der Waals surface area contributed by atoms with Gasteiger partial charge in [0, 0.05) is 12.6 Å². The van der Waals surface area contributed by atoms with Crippen molar-refractivity contribution in [3.63, 3.8) is 0 Å². The zero-order valence-electron chi connectivity index (χ0n) is 11.1. The van der Waals surface area contributed by atoms with Gasteiger partial charge in [0.15, 0.2) is 0 Å². The molecule has 20 heavy (non-hydrogen) atoms. The summed E-state index contributed by atoms with van der Waals surface area (Å²) in [5.74, 6) is 0.0147. The Hall–Kier alpha value is -2.55. The fraction of sp³-hybridized carbons (Fsp3) is 0.118. The molecule has 0 aromatic heterocycles. The monoisotopic (exact) mass is 264 g/mol. The van der Waals surface area contributed by atoms with Gasteiger partial charge in [0.25, 0.3) is 0 Å². The molecule has 0 radical (unpaired) electrons. The molecule has 0 saturated carbocycles. The zero-order valence-corrected chi connectivity index (χ0v) is 11.1. The highest BCUT2D eigenvalue weighted by Crippen LogP contribution is 2.17. The van der Waals surface area contributed by atoms with Crippen LogP contribution in [0.25, 0.3) is 0 Å². The van der Waals surface area contributed by atoms with Crippen LogP contribution in [0.3, 0.4) is 0 Å². The maximum absolute atomic E-state index is 11.4. The molecule has 0 atom stereocenters. The normalized spacial score (nSPS) is 14.2. The van der Waals surface area contributed by atoms with Gasteiger partial charge in [-0.3, -0.25) is 15.2 Å². The van der Waals surface area contributed by atoms with Gasteiger partial charge in [-0.1, -0.05) is 48.5 Å². The molecule has 0 spiro atoms. The molecule has 2 aromatic rings. The first-order valence-corrected chi connectivity index (χ1v) is 6.69. The third kappa shape index (κ3) is 2.88. The summed E-state index contributed by atoms with van der Waals surface area (Å²) in [6.45, 7) is 0. The van der Waals surface area contributed by atoms with Crippen LogP contribution < -0.4 is 10.4 Å². The maximum Gasteiger partial charge on any atom is 0.242 e. The average molecular weight is 264 g/mol. The first-order valence-electron chi connectivity index (χ1n) is 6.69. The van der Waals surface area contributed by atoms with Gasteiger partial charge >= 0.3 is 0 Å². The standard InChI is InChI=1S/C17H16N2O/c20-17-7-4-12-19(18-17)16-10-8-15(9-11-16)13-14-5-2-1-3-6-14/h1-6,8-12H,7,13H2,(H,18,20). The molecular weight excluding hydrogens is 248 g/mol. The fourth-order valence-electron chi connectivity index (χ4n) is 2.24. The van der Waals surface area contributed by atoms with Crippen molar-refractivity contribution in [1.29, 1.82) is 0 Å². The second-order valence-corrected chi connectivity index (χ2v) is 4.82. The van der Waals surface area contributed by atoms with Crippen molar-refractivity contribution in [3.8, 4) is 0 Å². The number of benzene rings is 2. The van der Waals surface area contributed by atoms with E-state index in [4.69, 9.17) is 0 Å². The molecule has 0 aliphatic carbocycles. The van der Waals surface area contributed by atoms with Gasteiger partial charge in [0.05, 0.1) is 5.69 Å². The van der Waals surface area contributed by atoms with E-state index >= 15 is 0 Å². The smallest absolute Gasteiger partial charge is 0.242 e. The molecule has 0 bridgehead atoms. The minimum absolute atomic E-state index is 0.0147. The fourth-order valence-corrected chi connectivity index (χ4v) is 2.24. The summed E-state index contributed by atoms with van der Waals surface area (Å²) in [7, 11) is 0. The van der Waals surface area contributed by atoms with Crippen molar-refractivity contribution in [2.24, 2.45) is 0 Å². The van der Waals surface area contributed by atoms with E-state index in [1.165, 1.54) is 11.1 Å². The maximum atomic E-state index is 11.4. The van der Waals surface area contributed by atoms with E-state index < -0.39 is 0 Å². The average Bonchev–Trinajstić information content (AvgIpc) is 2.49. The van der Waals surface area contributed by atoms with Crippen LogP contribution in [0.5, 0.6) is 0 Å². The SMILES string of the molecule is O=C1CC=CN(c2ccc(Cc3ccccc3)cc2)N1. The van der Waals surface area contributed by atoms with Crippen molar-refractivity contribution in [2.75, 3.05) is 5.01 Å². The highest BCUT2D eigenvalue weighted by molar-refractivity contribution is 5.81. The number of anilines is 1. The number of hydrogen-bond donors (Lipinski definition) is 1. The largest absolute Gasteiger partial charge is 0.273 e. The molecule has 3 heteroatoms. The van der Waals surface area contributed by atoms with Crippen LogP contribution in [0, 0.1) is 0 Å². The molecule has 3 nitrogen and oxygen atoms in total. The summed E-state index contributed by atoms with van der Waals surface area (Å²) < 4.78 is 0. The lowest BCUT2D eigenvalue weighted by Crippen LogP contribution is -2.40. The highest BCUT2D eigenvalue weighted by Gasteiger charge is 2.10. The van der Waals surface area contributed by atoms with Crippen molar-refractivity contribution >= 4 is 11.6 Å². The van der Waals surface area contributed by atoms with E-state index in [9.17, 15) is 4.79 Å². The number of carbonyl (C=O) groups is 1. The first-order chi connectivity index (χ1) is 9.81. The molecule has 3 rings (SSSR count). The Morgan fingerprint density at radius 1 is 0.950 bits per heavy atom. The summed E-state index contributed by atoms with van der Waals surface area (Å²) in [4.78, 5) is 11.4. The molecule has 1 aliphatic rings. The van der Waals surface area contributed by atoms with E-state index in [1.807, 2.05) is 30.5 Å². The number of carbonyl (C=O) groups excluding carboxylic acids is 1. The molecule has 1 N–H and O–H groups in total. The number of nitrogens with zero attached hydrogens (tertiary/aromatic N) is 1. The van der Waals surface area contributed by atoms with Crippen LogP contribution in [0.15, 0.2) is 66.9 Å². The summed E-state index contributed by atoms with van der Waals surface area (Å²) in [5, 5.41) is 1.75. The third-order valence-electron chi connectivity index (χ3n) is 3.27. The predicted octanol–water partition coefficient (Wildman–Crippen LogP) is 3.03. The number of amides is 1. The number of nitrogens with one attached hydrogen (secondary N) is 1. The van der Waals surface area contributed by atoms with Gasteiger partial charge in [-0.2, -0.15) is 0 Å². The van der Waals surface area contributed by atoms with Gasteiger partial charge in [-0.15, -0.1) is 0 Å². The lowest BCUT2D eigenvalue weighted by molar-refractivity contribution is -0.120. The van der Waals surface area contributed by atoms with Crippen molar-refractivity contribution < 1.29 is 4.79 Å². The number of rotatable bonds is 3. The Morgan fingerprint density at radius 2 is 1.65 bits per heavy atom. The van der Waals surface area contributed by atoms with Crippen molar-refractivity contribution in [3.05, 3.63) is 78.0 Å². The van der Waals surface area contributed by atoms with E-state index in [0.717, 1.165) is 12.1 Å². The topological polar surface area (TPSA) is 32.3 Å².